The van der Waals surface area contributed by atoms with Gasteiger partial charge in [-0.25, -0.2) is 4.79 Å². The summed E-state index contributed by atoms with van der Waals surface area (Å²) in [5.41, 5.74) is 0.0832. The van der Waals surface area contributed by atoms with Crippen molar-refractivity contribution >= 4 is 29.7 Å². The minimum Gasteiger partial charge on any atom is -0.444 e. The molecule has 1 fully saturated rings. The Kier molecular flexibility index (Phi) is 4.93. The number of nitrogens with zero attached hydrogens (tertiary/aromatic N) is 1. The minimum atomic E-state index is -1.03. The maximum absolute atomic E-state index is 12.9. The Balaban J connectivity index is 1.81. The zero-order chi connectivity index (χ0) is 20.6. The number of fused-ring (bicyclic) bond motifs is 1. The molecule has 0 radical (unpaired) electrons. The Bertz CT molecular complexity index is 886. The SMILES string of the molecule is CC(C)(C)OC(=O)NCc1cccc2c1C(=O)N([C@@H]1CCC(=O)NC1=O)C2=O. The van der Waals surface area contributed by atoms with Gasteiger partial charge >= 0.3 is 6.09 Å². The summed E-state index contributed by atoms with van der Waals surface area (Å²) in [5.74, 6) is -2.30. The lowest BCUT2D eigenvalue weighted by Crippen LogP contribution is -2.54. The molecule has 3 rings (SSSR count). The number of carbonyl (C=O) groups excluding carboxylic acids is 5. The van der Waals surface area contributed by atoms with Gasteiger partial charge in [0.05, 0.1) is 11.1 Å². The van der Waals surface area contributed by atoms with Crippen LogP contribution >= 0.6 is 0 Å². The Labute approximate surface area is 161 Å². The molecule has 0 saturated carbocycles. The van der Waals surface area contributed by atoms with Crippen LogP contribution in [0.4, 0.5) is 4.79 Å². The van der Waals surface area contributed by atoms with Gasteiger partial charge in [-0.3, -0.25) is 29.4 Å². The molecule has 2 aliphatic heterocycles. The Morgan fingerprint density at radius 1 is 1.21 bits per heavy atom. The van der Waals surface area contributed by atoms with E-state index in [1.807, 2.05) is 0 Å². The van der Waals surface area contributed by atoms with E-state index in [4.69, 9.17) is 4.74 Å². The molecular formula is C19H21N3O6. The molecule has 2 N–H and O–H groups in total. The number of hydrogen-bond acceptors (Lipinski definition) is 6. The largest absolute Gasteiger partial charge is 0.444 e. The van der Waals surface area contributed by atoms with Crippen LogP contribution in [0.5, 0.6) is 0 Å². The lowest BCUT2D eigenvalue weighted by Gasteiger charge is -2.27. The van der Waals surface area contributed by atoms with Gasteiger partial charge in [0.1, 0.15) is 11.6 Å². The van der Waals surface area contributed by atoms with Crippen LogP contribution in [-0.2, 0) is 20.9 Å². The molecule has 0 bridgehead atoms. The molecular weight excluding hydrogens is 366 g/mol. The average molecular weight is 387 g/mol. The fourth-order valence-electron chi connectivity index (χ4n) is 3.21. The lowest BCUT2D eigenvalue weighted by molar-refractivity contribution is -0.136. The fraction of sp³-hybridized carbons (Fsp3) is 0.421. The predicted octanol–water partition coefficient (Wildman–Crippen LogP) is 1.11. The van der Waals surface area contributed by atoms with Crippen molar-refractivity contribution in [2.24, 2.45) is 0 Å². The second-order valence-electron chi connectivity index (χ2n) is 7.64. The zero-order valence-electron chi connectivity index (χ0n) is 15.8. The predicted molar refractivity (Wildman–Crippen MR) is 96.2 cm³/mol. The Hall–Kier alpha value is -3.23. The molecule has 1 aromatic rings. The number of amides is 5. The van der Waals surface area contributed by atoms with Crippen molar-refractivity contribution in [2.45, 2.75) is 51.8 Å². The molecule has 1 aromatic carbocycles. The molecule has 5 amide bonds. The number of carbonyl (C=O) groups is 5. The first kappa shape index (κ1) is 19.5. The molecule has 2 heterocycles. The van der Waals surface area contributed by atoms with Gasteiger partial charge in [-0.15, -0.1) is 0 Å². The molecule has 0 aromatic heterocycles. The first-order chi connectivity index (χ1) is 13.1. The molecule has 148 valence electrons. The van der Waals surface area contributed by atoms with Crippen LogP contribution in [0.2, 0.25) is 0 Å². The third-order valence-corrected chi connectivity index (χ3v) is 4.38. The van der Waals surface area contributed by atoms with Crippen molar-refractivity contribution in [3.05, 3.63) is 34.9 Å². The van der Waals surface area contributed by atoms with Gasteiger partial charge in [0.15, 0.2) is 0 Å². The van der Waals surface area contributed by atoms with E-state index in [2.05, 4.69) is 10.6 Å². The van der Waals surface area contributed by atoms with Gasteiger partial charge in [-0.2, -0.15) is 0 Å². The highest BCUT2D eigenvalue weighted by molar-refractivity contribution is 6.24. The lowest BCUT2D eigenvalue weighted by atomic mass is 10.0. The minimum absolute atomic E-state index is 0.0136. The second-order valence-corrected chi connectivity index (χ2v) is 7.64. The number of rotatable bonds is 3. The monoisotopic (exact) mass is 387 g/mol. The van der Waals surface area contributed by atoms with Gasteiger partial charge in [0.2, 0.25) is 11.8 Å². The van der Waals surface area contributed by atoms with Gasteiger partial charge in [0.25, 0.3) is 11.8 Å². The highest BCUT2D eigenvalue weighted by Gasteiger charge is 2.45. The summed E-state index contributed by atoms with van der Waals surface area (Å²) in [7, 11) is 0. The maximum atomic E-state index is 12.9. The van der Waals surface area contributed by atoms with E-state index in [1.165, 1.54) is 6.07 Å². The smallest absolute Gasteiger partial charge is 0.407 e. The van der Waals surface area contributed by atoms with Crippen LogP contribution in [-0.4, -0.2) is 46.3 Å². The van der Waals surface area contributed by atoms with E-state index in [0.29, 0.717) is 5.56 Å². The standard InChI is InChI=1S/C19H21N3O6/c1-19(2,3)28-18(27)20-9-10-5-4-6-11-14(10)17(26)22(16(11)25)12-7-8-13(23)21-15(12)24/h4-6,12H,7-9H2,1-3H3,(H,20,27)(H,21,23,24)/t12-/m1/s1. The highest BCUT2D eigenvalue weighted by Crippen LogP contribution is 2.29. The van der Waals surface area contributed by atoms with Crippen molar-refractivity contribution in [2.75, 3.05) is 0 Å². The topological polar surface area (TPSA) is 122 Å². The molecule has 0 aliphatic carbocycles. The highest BCUT2D eigenvalue weighted by atomic mass is 16.6. The molecule has 1 atom stereocenters. The Morgan fingerprint density at radius 3 is 2.57 bits per heavy atom. The number of piperidine rings is 1. The van der Waals surface area contributed by atoms with Crippen LogP contribution in [0.3, 0.4) is 0 Å². The number of nitrogens with one attached hydrogen (secondary N) is 2. The molecule has 2 aliphatic rings. The molecule has 9 heteroatoms. The van der Waals surface area contributed by atoms with Gasteiger partial charge < -0.3 is 10.1 Å². The summed E-state index contributed by atoms with van der Waals surface area (Å²) >= 11 is 0. The van der Waals surface area contributed by atoms with E-state index in [-0.39, 0.29) is 30.5 Å². The summed E-state index contributed by atoms with van der Waals surface area (Å²) in [6.45, 7) is 5.17. The number of imide groups is 2. The molecule has 1 saturated heterocycles. The van der Waals surface area contributed by atoms with Crippen LogP contribution in [0.25, 0.3) is 0 Å². The van der Waals surface area contributed by atoms with Crippen LogP contribution in [0.15, 0.2) is 18.2 Å². The van der Waals surface area contributed by atoms with Gasteiger partial charge in [-0.05, 0) is 38.8 Å². The average Bonchev–Trinajstić information content (AvgIpc) is 2.84. The van der Waals surface area contributed by atoms with E-state index >= 15 is 0 Å². The third kappa shape index (κ3) is 3.73. The number of ether oxygens (including phenoxy) is 1. The summed E-state index contributed by atoms with van der Waals surface area (Å²) in [4.78, 5) is 61.9. The number of alkyl carbamates (subject to hydrolysis) is 1. The summed E-state index contributed by atoms with van der Waals surface area (Å²) in [6, 6.07) is 3.69. The van der Waals surface area contributed by atoms with Crippen molar-refractivity contribution in [3.63, 3.8) is 0 Å². The molecule has 9 nitrogen and oxygen atoms in total. The van der Waals surface area contributed by atoms with Crippen LogP contribution in [0, 0.1) is 0 Å². The van der Waals surface area contributed by atoms with Crippen LogP contribution < -0.4 is 10.6 Å². The zero-order valence-corrected chi connectivity index (χ0v) is 15.8. The maximum Gasteiger partial charge on any atom is 0.407 e. The Morgan fingerprint density at radius 2 is 1.93 bits per heavy atom. The van der Waals surface area contributed by atoms with Crippen molar-refractivity contribution in [3.8, 4) is 0 Å². The van der Waals surface area contributed by atoms with Crippen molar-refractivity contribution < 1.29 is 28.7 Å². The number of benzene rings is 1. The summed E-state index contributed by atoms with van der Waals surface area (Å²) in [6.07, 6.45) is -0.512. The van der Waals surface area contributed by atoms with Gasteiger partial charge in [0, 0.05) is 13.0 Å². The van der Waals surface area contributed by atoms with E-state index < -0.39 is 41.4 Å². The van der Waals surface area contributed by atoms with E-state index in [0.717, 1.165) is 4.90 Å². The third-order valence-electron chi connectivity index (χ3n) is 4.38. The molecule has 0 spiro atoms. The van der Waals surface area contributed by atoms with Crippen molar-refractivity contribution in [1.82, 2.24) is 15.5 Å². The fourth-order valence-corrected chi connectivity index (χ4v) is 3.21. The van der Waals surface area contributed by atoms with Crippen LogP contribution in [0.1, 0.15) is 59.9 Å². The molecule has 28 heavy (non-hydrogen) atoms. The quantitative estimate of drug-likeness (QED) is 0.750. The first-order valence-electron chi connectivity index (χ1n) is 8.89. The molecule has 0 unspecified atom stereocenters. The summed E-state index contributed by atoms with van der Waals surface area (Å²) in [5, 5.41) is 4.72. The van der Waals surface area contributed by atoms with E-state index in [1.54, 1.807) is 32.9 Å². The van der Waals surface area contributed by atoms with Crippen molar-refractivity contribution in [1.29, 1.82) is 0 Å². The second kappa shape index (κ2) is 7.06. The summed E-state index contributed by atoms with van der Waals surface area (Å²) < 4.78 is 5.17. The van der Waals surface area contributed by atoms with E-state index in [9.17, 15) is 24.0 Å². The first-order valence-corrected chi connectivity index (χ1v) is 8.89. The normalized spacial score (nSPS) is 19.4. The van der Waals surface area contributed by atoms with Gasteiger partial charge in [-0.1, -0.05) is 12.1 Å². The number of hydrogen-bond donors (Lipinski definition) is 2.